The van der Waals surface area contributed by atoms with Gasteiger partial charge in [-0.3, -0.25) is 0 Å². The first-order chi connectivity index (χ1) is 8.38. The summed E-state index contributed by atoms with van der Waals surface area (Å²) in [5.41, 5.74) is 2.13. The lowest BCUT2D eigenvalue weighted by Gasteiger charge is -2.07. The topological polar surface area (TPSA) is 25.2 Å². The molecule has 0 unspecified atom stereocenters. The summed E-state index contributed by atoms with van der Waals surface area (Å²) in [6, 6.07) is 12.4. The molecule has 3 rings (SSSR count). The van der Waals surface area contributed by atoms with Crippen LogP contribution in [0, 0.1) is 0 Å². The quantitative estimate of drug-likeness (QED) is 0.750. The summed E-state index contributed by atoms with van der Waals surface area (Å²) >= 11 is 1.76. The molecule has 2 aromatic heterocycles. The predicted molar refractivity (Wildman–Crippen MR) is 71.3 cm³/mol. The lowest BCUT2D eigenvalue weighted by atomic mass is 10.1. The molecule has 0 aliphatic carbocycles. The molecule has 1 N–H and O–H groups in total. The average molecular weight is 243 g/mol. The first-order valence-corrected chi connectivity index (χ1v) is 6.46. The maximum Gasteiger partial charge on any atom is 0.0702 e. The van der Waals surface area contributed by atoms with Crippen LogP contribution in [0.3, 0.4) is 0 Å². The van der Waals surface area contributed by atoms with Crippen LogP contribution in [0.4, 0.5) is 0 Å². The van der Waals surface area contributed by atoms with Crippen molar-refractivity contribution < 1.29 is 5.11 Å². The van der Waals surface area contributed by atoms with Gasteiger partial charge in [0.25, 0.3) is 0 Å². The number of rotatable bonds is 3. The molecule has 0 radical (unpaired) electrons. The second kappa shape index (κ2) is 4.35. The van der Waals surface area contributed by atoms with Gasteiger partial charge in [-0.05, 0) is 22.9 Å². The van der Waals surface area contributed by atoms with E-state index in [4.69, 9.17) is 0 Å². The molecule has 0 aliphatic rings. The molecule has 0 saturated heterocycles. The predicted octanol–water partition coefficient (Wildman–Crippen LogP) is 3.24. The van der Waals surface area contributed by atoms with E-state index in [1.807, 2.05) is 12.1 Å². The van der Waals surface area contributed by atoms with Crippen molar-refractivity contribution >= 4 is 22.2 Å². The van der Waals surface area contributed by atoms with Gasteiger partial charge in [-0.15, -0.1) is 11.3 Å². The molecule has 0 spiro atoms. The maximum atomic E-state index is 9.39. The van der Waals surface area contributed by atoms with Crippen LogP contribution >= 0.6 is 11.3 Å². The van der Waals surface area contributed by atoms with E-state index in [2.05, 4.69) is 40.4 Å². The number of aromatic nitrogens is 1. The van der Waals surface area contributed by atoms with Gasteiger partial charge in [0, 0.05) is 16.6 Å². The number of fused-ring (bicyclic) bond motifs is 1. The third-order valence-electron chi connectivity index (χ3n) is 2.95. The zero-order valence-electron chi connectivity index (χ0n) is 9.34. The number of hydrogen-bond donors (Lipinski definition) is 1. The normalized spacial score (nSPS) is 11.1. The van der Waals surface area contributed by atoms with Gasteiger partial charge in [0.05, 0.1) is 18.7 Å². The van der Waals surface area contributed by atoms with Crippen LogP contribution in [-0.2, 0) is 13.2 Å². The minimum absolute atomic E-state index is 0.0891. The number of benzene rings is 1. The summed E-state index contributed by atoms with van der Waals surface area (Å²) < 4.78 is 2.20. The number of thiophene rings is 1. The molecule has 1 aromatic carbocycles. The van der Waals surface area contributed by atoms with Crippen molar-refractivity contribution in [2.75, 3.05) is 0 Å². The second-order valence-electron chi connectivity index (χ2n) is 4.04. The zero-order chi connectivity index (χ0) is 11.7. The van der Waals surface area contributed by atoms with Crippen LogP contribution in [0.5, 0.6) is 0 Å². The Hall–Kier alpha value is -1.58. The molecule has 0 saturated carbocycles. The summed E-state index contributed by atoms with van der Waals surface area (Å²) in [6.07, 6.45) is 2.09. The lowest BCUT2D eigenvalue weighted by Crippen LogP contribution is -1.98. The number of aliphatic hydroxyl groups is 1. The van der Waals surface area contributed by atoms with E-state index in [1.54, 1.807) is 11.3 Å². The lowest BCUT2D eigenvalue weighted by molar-refractivity contribution is 0.283. The molecular formula is C14H13NOS. The largest absolute Gasteiger partial charge is 0.392 e. The van der Waals surface area contributed by atoms with Gasteiger partial charge in [-0.25, -0.2) is 0 Å². The standard InChI is InChI=1S/C14H13NOS/c16-10-12-4-1-3-11-6-7-15(14(11)12)9-13-5-2-8-17-13/h1-8,16H,9-10H2. The Kier molecular flexibility index (Phi) is 2.71. The first kappa shape index (κ1) is 10.6. The number of para-hydroxylation sites is 1. The van der Waals surface area contributed by atoms with E-state index in [1.165, 1.54) is 10.3 Å². The summed E-state index contributed by atoms with van der Waals surface area (Å²) in [4.78, 5) is 1.33. The van der Waals surface area contributed by atoms with Gasteiger partial charge < -0.3 is 9.67 Å². The fourth-order valence-electron chi connectivity index (χ4n) is 2.17. The molecule has 0 amide bonds. The Morgan fingerprint density at radius 2 is 2.06 bits per heavy atom. The number of nitrogens with zero attached hydrogens (tertiary/aromatic N) is 1. The summed E-state index contributed by atoms with van der Waals surface area (Å²) in [5, 5.41) is 12.7. The summed E-state index contributed by atoms with van der Waals surface area (Å²) in [5.74, 6) is 0. The van der Waals surface area contributed by atoms with E-state index < -0.39 is 0 Å². The Morgan fingerprint density at radius 3 is 2.82 bits per heavy atom. The molecule has 2 nitrogen and oxygen atoms in total. The van der Waals surface area contributed by atoms with Gasteiger partial charge in [0.15, 0.2) is 0 Å². The van der Waals surface area contributed by atoms with Crippen molar-refractivity contribution in [1.82, 2.24) is 4.57 Å². The van der Waals surface area contributed by atoms with Crippen LogP contribution < -0.4 is 0 Å². The van der Waals surface area contributed by atoms with Crippen LogP contribution in [0.1, 0.15) is 10.4 Å². The Balaban J connectivity index is 2.10. The van der Waals surface area contributed by atoms with Crippen molar-refractivity contribution in [3.05, 3.63) is 58.4 Å². The Morgan fingerprint density at radius 1 is 1.12 bits per heavy atom. The molecule has 3 heteroatoms. The monoisotopic (exact) mass is 243 g/mol. The van der Waals surface area contributed by atoms with Gasteiger partial charge in [0.1, 0.15) is 0 Å². The van der Waals surface area contributed by atoms with Gasteiger partial charge in [-0.2, -0.15) is 0 Å². The van der Waals surface area contributed by atoms with Gasteiger partial charge in [-0.1, -0.05) is 24.3 Å². The number of aliphatic hydroxyl groups excluding tert-OH is 1. The Bertz CT molecular complexity index is 625. The minimum Gasteiger partial charge on any atom is -0.392 e. The Labute approximate surface area is 104 Å². The molecule has 0 aliphatic heterocycles. The molecular weight excluding hydrogens is 230 g/mol. The van der Waals surface area contributed by atoms with Crippen molar-refractivity contribution in [3.8, 4) is 0 Å². The zero-order valence-corrected chi connectivity index (χ0v) is 10.2. The van der Waals surface area contributed by atoms with Crippen molar-refractivity contribution in [2.24, 2.45) is 0 Å². The van der Waals surface area contributed by atoms with E-state index in [-0.39, 0.29) is 6.61 Å². The smallest absolute Gasteiger partial charge is 0.0702 e. The van der Waals surface area contributed by atoms with Gasteiger partial charge >= 0.3 is 0 Å². The first-order valence-electron chi connectivity index (χ1n) is 5.58. The molecule has 0 atom stereocenters. The highest BCUT2D eigenvalue weighted by atomic mass is 32.1. The third kappa shape index (κ3) is 1.88. The van der Waals surface area contributed by atoms with E-state index in [0.29, 0.717) is 0 Å². The van der Waals surface area contributed by atoms with Crippen molar-refractivity contribution in [2.45, 2.75) is 13.2 Å². The molecule has 17 heavy (non-hydrogen) atoms. The fraction of sp³-hybridized carbons (Fsp3) is 0.143. The highest BCUT2D eigenvalue weighted by Crippen LogP contribution is 2.22. The molecule has 0 bridgehead atoms. The third-order valence-corrected chi connectivity index (χ3v) is 3.81. The fourth-order valence-corrected chi connectivity index (χ4v) is 2.87. The highest BCUT2D eigenvalue weighted by molar-refractivity contribution is 7.09. The summed E-state index contributed by atoms with van der Waals surface area (Å²) in [7, 11) is 0. The van der Waals surface area contributed by atoms with Crippen molar-refractivity contribution in [3.63, 3.8) is 0 Å². The van der Waals surface area contributed by atoms with Crippen molar-refractivity contribution in [1.29, 1.82) is 0 Å². The molecule has 0 fully saturated rings. The van der Waals surface area contributed by atoms with Crippen LogP contribution in [0.15, 0.2) is 48.0 Å². The van der Waals surface area contributed by atoms with Crippen LogP contribution in [0.2, 0.25) is 0 Å². The average Bonchev–Trinajstić information content (AvgIpc) is 2.99. The van der Waals surface area contributed by atoms with Crippen LogP contribution in [-0.4, -0.2) is 9.67 Å². The van der Waals surface area contributed by atoms with Crippen LogP contribution in [0.25, 0.3) is 10.9 Å². The molecule has 2 heterocycles. The molecule has 86 valence electrons. The van der Waals surface area contributed by atoms with E-state index in [9.17, 15) is 5.11 Å². The molecule has 3 aromatic rings. The second-order valence-corrected chi connectivity index (χ2v) is 5.07. The maximum absolute atomic E-state index is 9.39. The highest BCUT2D eigenvalue weighted by Gasteiger charge is 2.06. The summed E-state index contributed by atoms with van der Waals surface area (Å²) in [6.45, 7) is 0.962. The SMILES string of the molecule is OCc1cccc2ccn(Cc3cccs3)c12. The minimum atomic E-state index is 0.0891. The van der Waals surface area contributed by atoms with E-state index >= 15 is 0 Å². The van der Waals surface area contributed by atoms with E-state index in [0.717, 1.165) is 17.6 Å². The van der Waals surface area contributed by atoms with Gasteiger partial charge in [0.2, 0.25) is 0 Å². The number of hydrogen-bond acceptors (Lipinski definition) is 2.